The highest BCUT2D eigenvalue weighted by molar-refractivity contribution is 14.2. The molecule has 4 aromatic rings. The lowest BCUT2D eigenvalue weighted by Gasteiger charge is -2.12. The van der Waals surface area contributed by atoms with Gasteiger partial charge in [0.25, 0.3) is 5.91 Å². The Bertz CT molecular complexity index is 1460. The quantitative estimate of drug-likeness (QED) is 0.262. The summed E-state index contributed by atoms with van der Waals surface area (Å²) < 4.78 is 15.7. The third kappa shape index (κ3) is 5.02. The van der Waals surface area contributed by atoms with E-state index in [2.05, 4.69) is 55.6 Å². The highest BCUT2D eigenvalue weighted by atomic mass is 127. The van der Waals surface area contributed by atoms with Crippen molar-refractivity contribution in [2.24, 2.45) is 7.05 Å². The summed E-state index contributed by atoms with van der Waals surface area (Å²) in [5.74, 6) is 0.261. The Labute approximate surface area is 223 Å². The van der Waals surface area contributed by atoms with Crippen LogP contribution >= 0.6 is 28.4 Å². The number of nitrogens with one attached hydrogen (secondary N) is 1. The lowest BCUT2D eigenvalue weighted by molar-refractivity contribution is 0.0838. The minimum Gasteiger partial charge on any atom is -0.475 e. The van der Waals surface area contributed by atoms with Crippen molar-refractivity contribution in [1.29, 1.82) is 0 Å². The molecule has 9 nitrogen and oxygen atoms in total. The van der Waals surface area contributed by atoms with Crippen molar-refractivity contribution >= 4 is 57.4 Å². The summed E-state index contributed by atoms with van der Waals surface area (Å²) in [7, 11) is 1.92. The Morgan fingerprint density at radius 3 is 2.86 bits per heavy atom. The van der Waals surface area contributed by atoms with Crippen LogP contribution in [0.5, 0.6) is 5.88 Å². The van der Waals surface area contributed by atoms with Crippen molar-refractivity contribution in [3.05, 3.63) is 59.2 Å². The van der Waals surface area contributed by atoms with Gasteiger partial charge in [-0.05, 0) is 71.8 Å². The first-order valence-corrected chi connectivity index (χ1v) is 15.6. The van der Waals surface area contributed by atoms with Gasteiger partial charge in [0, 0.05) is 35.8 Å². The molecule has 1 aliphatic heterocycles. The maximum absolute atomic E-state index is 12.6. The van der Waals surface area contributed by atoms with Crippen LogP contribution in [0.1, 0.15) is 41.2 Å². The number of amides is 1. The van der Waals surface area contributed by atoms with E-state index in [9.17, 15) is 4.79 Å². The van der Waals surface area contributed by atoms with Crippen LogP contribution in [0.25, 0.3) is 34.2 Å². The Hall–Kier alpha value is -2.82. The minimum absolute atomic E-state index is 0.0250. The lowest BCUT2D eigenvalue weighted by Crippen LogP contribution is -2.30. The molecule has 1 aliphatic rings. The van der Waals surface area contributed by atoms with Gasteiger partial charge >= 0.3 is 0 Å². The molecule has 1 unspecified atom stereocenters. The number of benzene rings is 1. The zero-order chi connectivity index (χ0) is 25.2. The third-order valence-electron chi connectivity index (χ3n) is 5.85. The minimum atomic E-state index is -0.176. The fourth-order valence-electron chi connectivity index (χ4n) is 4.09. The molecule has 0 radical (unpaired) electrons. The predicted molar refractivity (Wildman–Crippen MR) is 151 cm³/mol. The van der Waals surface area contributed by atoms with Crippen molar-refractivity contribution in [2.45, 2.75) is 26.5 Å². The molecule has 11 heteroatoms. The number of aromatic nitrogens is 5. The van der Waals surface area contributed by atoms with Gasteiger partial charge in [0.05, 0.1) is 48.3 Å². The first-order chi connectivity index (χ1) is 17.4. The van der Waals surface area contributed by atoms with Gasteiger partial charge in [-0.3, -0.25) is 9.48 Å². The highest BCUT2D eigenvalue weighted by Crippen LogP contribution is 2.35. The first kappa shape index (κ1) is 24.9. The van der Waals surface area contributed by atoms with E-state index >= 15 is 0 Å². The van der Waals surface area contributed by atoms with Gasteiger partial charge in [-0.1, -0.05) is 6.07 Å². The summed E-state index contributed by atoms with van der Waals surface area (Å²) in [4.78, 5) is 17.0. The maximum atomic E-state index is 12.6. The van der Waals surface area contributed by atoms with Crippen LogP contribution in [0.4, 0.5) is 0 Å². The molecule has 1 atom stereocenters. The topological polar surface area (TPSA) is 96.1 Å². The summed E-state index contributed by atoms with van der Waals surface area (Å²) in [6.45, 7) is 4.96. The number of pyridine rings is 1. The number of ether oxygens (including phenoxy) is 2. The molecule has 0 saturated heterocycles. The van der Waals surface area contributed by atoms with Crippen molar-refractivity contribution < 1.29 is 14.3 Å². The molecule has 1 aromatic carbocycles. The summed E-state index contributed by atoms with van der Waals surface area (Å²) in [5.41, 5.74) is 6.13. The second-order valence-electron chi connectivity index (χ2n) is 8.72. The van der Waals surface area contributed by atoms with Crippen molar-refractivity contribution in [1.82, 2.24) is 29.6 Å². The average molecular weight is 616 g/mol. The Kier molecular flexibility index (Phi) is 7.36. The van der Waals surface area contributed by atoms with Gasteiger partial charge in [-0.15, -0.1) is 0 Å². The second kappa shape index (κ2) is 10.7. The predicted octanol–water partition coefficient (Wildman–Crippen LogP) is 4.84. The fourth-order valence-corrected chi connectivity index (χ4v) is 5.62. The Morgan fingerprint density at radius 1 is 1.19 bits per heavy atom. The molecular weight excluding hydrogens is 590 g/mol. The number of aryl methyl sites for hydroxylation is 1. The molecule has 2 bridgehead atoms. The summed E-state index contributed by atoms with van der Waals surface area (Å²) in [6, 6.07) is 8.17. The highest BCUT2D eigenvalue weighted by Gasteiger charge is 2.16. The Balaban J connectivity index is 1.63. The summed E-state index contributed by atoms with van der Waals surface area (Å²) >= 11 is 2.33. The van der Waals surface area contributed by atoms with Crippen LogP contribution in [0.15, 0.2) is 36.7 Å². The van der Waals surface area contributed by atoms with Gasteiger partial charge in [-0.25, -0.2) is 9.44 Å². The van der Waals surface area contributed by atoms with Crippen LogP contribution in [0.2, 0.25) is 0 Å². The number of nitrogens with zero attached hydrogens (tertiary/aromatic N) is 5. The SMILES string of the molecule is CC(C)NC(=O)c1cnc2c(c1)/C=C/c1nn(PI)c3ccc(cc13)-c1cnn(C)c1COCCO2. The lowest BCUT2D eigenvalue weighted by atomic mass is 10.0. The molecule has 0 spiro atoms. The molecule has 36 heavy (non-hydrogen) atoms. The molecule has 0 aliphatic carbocycles. The van der Waals surface area contributed by atoms with E-state index in [0.717, 1.165) is 33.4 Å². The van der Waals surface area contributed by atoms with E-state index in [4.69, 9.17) is 14.6 Å². The summed E-state index contributed by atoms with van der Waals surface area (Å²) in [6.07, 6.45) is 7.72. The normalized spacial score (nSPS) is 14.9. The summed E-state index contributed by atoms with van der Waals surface area (Å²) in [5, 5.41) is 13.2. The van der Waals surface area contributed by atoms with Gasteiger partial charge in [0.15, 0.2) is 0 Å². The number of rotatable bonds is 3. The van der Waals surface area contributed by atoms with E-state index in [1.54, 1.807) is 6.07 Å². The van der Waals surface area contributed by atoms with E-state index < -0.39 is 0 Å². The number of hydrogen-bond donors (Lipinski definition) is 1. The smallest absolute Gasteiger partial charge is 0.253 e. The molecule has 5 rings (SSSR count). The molecule has 1 amide bonds. The van der Waals surface area contributed by atoms with Gasteiger partial charge in [-0.2, -0.15) is 10.2 Å². The van der Waals surface area contributed by atoms with E-state index in [1.165, 1.54) is 6.20 Å². The largest absolute Gasteiger partial charge is 0.475 e. The van der Waals surface area contributed by atoms with Crippen molar-refractivity contribution in [2.75, 3.05) is 13.2 Å². The van der Waals surface area contributed by atoms with Gasteiger partial charge in [0.1, 0.15) is 6.61 Å². The Morgan fingerprint density at radius 2 is 2.06 bits per heavy atom. The average Bonchev–Trinajstić information content (AvgIpc) is 3.41. The van der Waals surface area contributed by atoms with Crippen LogP contribution < -0.4 is 10.1 Å². The zero-order valence-corrected chi connectivity index (χ0v) is 23.3. The molecule has 3 aromatic heterocycles. The van der Waals surface area contributed by atoms with Crippen molar-refractivity contribution in [3.8, 4) is 17.0 Å². The van der Waals surface area contributed by atoms with Crippen LogP contribution in [-0.4, -0.2) is 49.5 Å². The molecule has 186 valence electrons. The number of hydrogen-bond acceptors (Lipinski definition) is 6. The van der Waals surface area contributed by atoms with E-state index in [1.807, 2.05) is 48.4 Å². The van der Waals surface area contributed by atoms with Crippen molar-refractivity contribution in [3.63, 3.8) is 0 Å². The molecule has 0 fully saturated rings. The van der Waals surface area contributed by atoms with Crippen LogP contribution in [-0.2, 0) is 18.4 Å². The number of carbonyl (C=O) groups is 1. The number of fused-ring (bicyclic) bond motifs is 4. The molecular formula is C25H26IN6O3P. The standard InChI is InChI=1S/C25H26IN6O3P/c1-15(2)29-24(33)18-10-17-4-6-21-19-11-16(5-7-22(19)32(30-21)36-26)20-13-28-31(3)23(20)14-34-8-9-35-25(17)27-12-18/h4-7,10-13,15,36H,8-9,14H2,1-3H3,(H,29,33)/b6-4+. The third-order valence-corrected chi connectivity index (χ3v) is 7.72. The molecule has 0 saturated carbocycles. The van der Waals surface area contributed by atoms with Gasteiger partial charge in [0.2, 0.25) is 5.88 Å². The molecule has 1 N–H and O–H groups in total. The van der Waals surface area contributed by atoms with E-state index in [0.29, 0.717) is 43.2 Å². The van der Waals surface area contributed by atoms with E-state index in [-0.39, 0.29) is 11.9 Å². The first-order valence-electron chi connectivity index (χ1n) is 11.5. The van der Waals surface area contributed by atoms with Crippen LogP contribution in [0.3, 0.4) is 0 Å². The second-order valence-corrected chi connectivity index (χ2v) is 10.8. The molecule has 4 heterocycles. The fraction of sp³-hybridized carbons (Fsp3) is 0.280. The van der Waals surface area contributed by atoms with Crippen LogP contribution in [0, 0.1) is 0 Å². The number of carbonyl (C=O) groups excluding carboxylic acids is 1. The van der Waals surface area contributed by atoms with Gasteiger partial charge < -0.3 is 14.8 Å². The zero-order valence-electron chi connectivity index (χ0n) is 20.2. The monoisotopic (exact) mass is 616 g/mol. The number of halogens is 1. The maximum Gasteiger partial charge on any atom is 0.253 e.